The first kappa shape index (κ1) is 22.2. The van der Waals surface area contributed by atoms with Gasteiger partial charge < -0.3 is 9.64 Å². The Hall–Kier alpha value is -3.48. The molecule has 0 N–H and O–H groups in total. The maximum atomic E-state index is 13.0. The summed E-state index contributed by atoms with van der Waals surface area (Å²) in [5.74, 6) is -1.09. The summed E-state index contributed by atoms with van der Waals surface area (Å²) in [6, 6.07) is 15.9. The molecule has 1 atom stereocenters. The van der Waals surface area contributed by atoms with E-state index in [0.717, 1.165) is 19.3 Å². The Labute approximate surface area is 181 Å². The number of nitrogens with zero attached hydrogens (tertiary/aromatic N) is 3. The van der Waals surface area contributed by atoms with Crippen molar-refractivity contribution in [1.82, 2.24) is 9.78 Å². The van der Waals surface area contributed by atoms with E-state index in [-0.39, 0.29) is 17.2 Å². The average molecular weight is 421 g/mol. The predicted molar refractivity (Wildman–Crippen MR) is 120 cm³/mol. The molecule has 0 aliphatic carbocycles. The maximum Gasteiger partial charge on any atom is 0.360 e. The van der Waals surface area contributed by atoms with Gasteiger partial charge in [-0.25, -0.2) is 9.48 Å². The van der Waals surface area contributed by atoms with Crippen LogP contribution in [0.4, 0.5) is 5.69 Å². The monoisotopic (exact) mass is 421 g/mol. The van der Waals surface area contributed by atoms with Crippen LogP contribution in [0.5, 0.6) is 0 Å². The molecular weight excluding hydrogens is 394 g/mol. The molecule has 162 valence electrons. The quantitative estimate of drug-likeness (QED) is 0.408. The standard InChI is InChI=1S/C24H27N3O4/c1-4-5-11-16-27-23(29)20-15-10-9-14-19(20)21(25-27)24(30)31-17(2)22(28)26(3)18-12-7-6-8-13-18/h6-10,12-15,17H,4-5,11,16H2,1-3H3. The van der Waals surface area contributed by atoms with Gasteiger partial charge in [0.05, 0.1) is 5.39 Å². The van der Waals surface area contributed by atoms with Crippen molar-refractivity contribution in [3.8, 4) is 0 Å². The molecule has 0 aliphatic rings. The highest BCUT2D eigenvalue weighted by molar-refractivity contribution is 6.04. The van der Waals surface area contributed by atoms with Gasteiger partial charge in [0.25, 0.3) is 11.5 Å². The molecule has 1 aromatic heterocycles. The minimum absolute atomic E-state index is 0.0358. The second-order valence-electron chi connectivity index (χ2n) is 7.41. The van der Waals surface area contributed by atoms with Crippen molar-refractivity contribution in [2.75, 3.05) is 11.9 Å². The van der Waals surface area contributed by atoms with E-state index in [1.807, 2.05) is 18.2 Å². The smallest absolute Gasteiger partial charge is 0.360 e. The van der Waals surface area contributed by atoms with Gasteiger partial charge in [-0.15, -0.1) is 0 Å². The van der Waals surface area contributed by atoms with Crippen LogP contribution in [0.2, 0.25) is 0 Å². The number of anilines is 1. The summed E-state index contributed by atoms with van der Waals surface area (Å²) in [6.45, 7) is 4.02. The van der Waals surface area contributed by atoms with E-state index < -0.39 is 12.1 Å². The van der Waals surface area contributed by atoms with Gasteiger partial charge >= 0.3 is 5.97 Å². The maximum absolute atomic E-state index is 13.0. The van der Waals surface area contributed by atoms with Crippen molar-refractivity contribution in [2.45, 2.75) is 45.8 Å². The van der Waals surface area contributed by atoms with E-state index in [1.165, 1.54) is 16.5 Å². The summed E-state index contributed by atoms with van der Waals surface area (Å²) >= 11 is 0. The molecule has 31 heavy (non-hydrogen) atoms. The molecule has 3 rings (SSSR count). The van der Waals surface area contributed by atoms with Gasteiger partial charge in [0, 0.05) is 24.7 Å². The Balaban J connectivity index is 1.86. The van der Waals surface area contributed by atoms with Gasteiger partial charge in [0.15, 0.2) is 11.8 Å². The third-order valence-corrected chi connectivity index (χ3v) is 5.14. The minimum Gasteiger partial charge on any atom is -0.448 e. The van der Waals surface area contributed by atoms with Crippen molar-refractivity contribution < 1.29 is 14.3 Å². The van der Waals surface area contributed by atoms with E-state index in [4.69, 9.17) is 4.74 Å². The highest BCUT2D eigenvalue weighted by atomic mass is 16.5. The number of likely N-dealkylation sites (N-methyl/N-ethyl adjacent to an activating group) is 1. The lowest BCUT2D eigenvalue weighted by molar-refractivity contribution is -0.126. The molecule has 0 fully saturated rings. The summed E-state index contributed by atoms with van der Waals surface area (Å²) in [4.78, 5) is 39.9. The zero-order valence-corrected chi connectivity index (χ0v) is 18.1. The molecule has 0 aliphatic heterocycles. The van der Waals surface area contributed by atoms with Gasteiger partial charge in [0.1, 0.15) is 0 Å². The predicted octanol–water partition coefficient (Wildman–Crippen LogP) is 3.80. The first-order valence-corrected chi connectivity index (χ1v) is 10.5. The van der Waals surface area contributed by atoms with Crippen LogP contribution in [0.15, 0.2) is 59.4 Å². The van der Waals surface area contributed by atoms with E-state index in [9.17, 15) is 14.4 Å². The first-order valence-electron chi connectivity index (χ1n) is 10.5. The van der Waals surface area contributed by atoms with Gasteiger partial charge in [0.2, 0.25) is 0 Å². The van der Waals surface area contributed by atoms with E-state index in [1.54, 1.807) is 43.4 Å². The first-order chi connectivity index (χ1) is 14.9. The van der Waals surface area contributed by atoms with Crippen molar-refractivity contribution in [1.29, 1.82) is 0 Å². The Morgan fingerprint density at radius 3 is 2.35 bits per heavy atom. The van der Waals surface area contributed by atoms with Gasteiger partial charge in [-0.3, -0.25) is 9.59 Å². The SMILES string of the molecule is CCCCCn1nc(C(=O)OC(C)C(=O)N(C)c2ccccc2)c2ccccc2c1=O. The van der Waals surface area contributed by atoms with Gasteiger partial charge in [-0.05, 0) is 31.5 Å². The summed E-state index contributed by atoms with van der Waals surface area (Å²) in [6.07, 6.45) is 1.73. The van der Waals surface area contributed by atoms with E-state index in [0.29, 0.717) is 23.0 Å². The third-order valence-electron chi connectivity index (χ3n) is 5.14. The summed E-state index contributed by atoms with van der Waals surface area (Å²) in [5, 5.41) is 5.11. The number of carbonyl (C=O) groups excluding carboxylic acids is 2. The number of rotatable bonds is 8. The van der Waals surface area contributed by atoms with Crippen molar-refractivity contribution in [3.05, 3.63) is 70.6 Å². The van der Waals surface area contributed by atoms with Crippen LogP contribution < -0.4 is 10.5 Å². The largest absolute Gasteiger partial charge is 0.448 e. The van der Waals surface area contributed by atoms with Gasteiger partial charge in [-0.2, -0.15) is 5.10 Å². The van der Waals surface area contributed by atoms with Crippen LogP contribution in [0.3, 0.4) is 0 Å². The number of hydrogen-bond acceptors (Lipinski definition) is 5. The molecule has 3 aromatic rings. The van der Waals surface area contributed by atoms with Gasteiger partial charge in [-0.1, -0.05) is 56.2 Å². The number of benzene rings is 2. The van der Waals surface area contributed by atoms with Crippen LogP contribution in [0, 0.1) is 0 Å². The van der Waals surface area contributed by atoms with Crippen LogP contribution in [-0.2, 0) is 16.1 Å². The van der Waals surface area contributed by atoms with E-state index >= 15 is 0 Å². The Bertz CT molecular complexity index is 1120. The molecule has 1 heterocycles. The Kier molecular flexibility index (Phi) is 7.18. The number of para-hydroxylation sites is 1. The number of esters is 1. The number of aryl methyl sites for hydroxylation is 1. The number of ether oxygens (including phenoxy) is 1. The lowest BCUT2D eigenvalue weighted by Crippen LogP contribution is -2.38. The van der Waals surface area contributed by atoms with Crippen molar-refractivity contribution in [2.24, 2.45) is 0 Å². The molecule has 0 bridgehead atoms. The average Bonchev–Trinajstić information content (AvgIpc) is 2.80. The number of hydrogen-bond donors (Lipinski definition) is 0. The van der Waals surface area contributed by atoms with E-state index in [2.05, 4.69) is 12.0 Å². The molecule has 0 spiro atoms. The third kappa shape index (κ3) is 4.99. The van der Waals surface area contributed by atoms with Crippen LogP contribution in [0.25, 0.3) is 10.8 Å². The lowest BCUT2D eigenvalue weighted by atomic mass is 10.1. The molecule has 7 nitrogen and oxygen atoms in total. The topological polar surface area (TPSA) is 81.5 Å². The minimum atomic E-state index is -1.02. The highest BCUT2D eigenvalue weighted by Crippen LogP contribution is 2.17. The molecule has 1 unspecified atom stereocenters. The van der Waals surface area contributed by atoms with Crippen molar-refractivity contribution in [3.63, 3.8) is 0 Å². The summed E-state index contributed by atoms with van der Waals surface area (Å²) in [5.41, 5.74) is 0.494. The molecule has 2 aromatic carbocycles. The number of amides is 1. The normalized spacial score (nSPS) is 11.8. The Morgan fingerprint density at radius 1 is 1.03 bits per heavy atom. The second kappa shape index (κ2) is 10.0. The zero-order valence-electron chi connectivity index (χ0n) is 18.1. The molecule has 7 heteroatoms. The van der Waals surface area contributed by atoms with Crippen LogP contribution in [0.1, 0.15) is 43.6 Å². The fourth-order valence-electron chi connectivity index (χ4n) is 3.37. The molecular formula is C24H27N3O4. The number of fused-ring (bicyclic) bond motifs is 1. The molecule has 1 amide bonds. The van der Waals surface area contributed by atoms with Crippen molar-refractivity contribution >= 4 is 28.3 Å². The van der Waals surface area contributed by atoms with Crippen LogP contribution >= 0.6 is 0 Å². The Morgan fingerprint density at radius 2 is 1.68 bits per heavy atom. The zero-order chi connectivity index (χ0) is 22.4. The highest BCUT2D eigenvalue weighted by Gasteiger charge is 2.25. The summed E-state index contributed by atoms with van der Waals surface area (Å²) < 4.78 is 6.78. The lowest BCUT2D eigenvalue weighted by Gasteiger charge is -2.21. The summed E-state index contributed by atoms with van der Waals surface area (Å²) in [7, 11) is 1.63. The second-order valence-corrected chi connectivity index (χ2v) is 7.41. The number of carbonyl (C=O) groups is 2. The fourth-order valence-corrected chi connectivity index (χ4v) is 3.37. The molecule has 0 saturated carbocycles. The molecule has 0 saturated heterocycles. The number of unbranched alkanes of at least 4 members (excludes halogenated alkanes) is 2. The number of aromatic nitrogens is 2. The molecule has 0 radical (unpaired) electrons. The van der Waals surface area contributed by atoms with Crippen LogP contribution in [-0.4, -0.2) is 34.8 Å². The fraction of sp³-hybridized carbons (Fsp3) is 0.333.